The molecule has 0 aliphatic rings. The first kappa shape index (κ1) is 15.9. The van der Waals surface area contributed by atoms with Crippen molar-refractivity contribution in [2.75, 3.05) is 20.7 Å². The van der Waals surface area contributed by atoms with Gasteiger partial charge in [0, 0.05) is 18.6 Å². The molecule has 0 aromatic heterocycles. The number of likely N-dealkylation sites (N-methyl/N-ethyl adjacent to an activating group) is 1. The zero-order chi connectivity index (χ0) is 14.4. The molecule has 2 N–H and O–H groups in total. The van der Waals surface area contributed by atoms with Crippen molar-refractivity contribution in [3.63, 3.8) is 0 Å². The molecule has 0 heterocycles. The number of hydrogen-bond donors (Lipinski definition) is 1. The normalized spacial score (nSPS) is 13.1. The SMILES string of the molecule is CCC(CC)N(C)CC(N)c1ccc(OC)c(F)c1. The van der Waals surface area contributed by atoms with Crippen LogP contribution >= 0.6 is 0 Å². The third kappa shape index (κ3) is 4.18. The number of benzene rings is 1. The van der Waals surface area contributed by atoms with Gasteiger partial charge in [0.2, 0.25) is 0 Å². The van der Waals surface area contributed by atoms with Gasteiger partial charge in [0.05, 0.1) is 7.11 Å². The molecule has 1 aromatic carbocycles. The van der Waals surface area contributed by atoms with Crippen molar-refractivity contribution in [1.29, 1.82) is 0 Å². The quantitative estimate of drug-likeness (QED) is 0.826. The van der Waals surface area contributed by atoms with Gasteiger partial charge in [0.15, 0.2) is 11.6 Å². The predicted octanol–water partition coefficient (Wildman–Crippen LogP) is 2.95. The average molecular weight is 268 g/mol. The van der Waals surface area contributed by atoms with Crippen LogP contribution in [0.1, 0.15) is 38.3 Å². The molecular weight excluding hydrogens is 243 g/mol. The molecule has 19 heavy (non-hydrogen) atoms. The lowest BCUT2D eigenvalue weighted by molar-refractivity contribution is 0.217. The Bertz CT molecular complexity index is 394. The molecular formula is C15H25FN2O. The lowest BCUT2D eigenvalue weighted by Crippen LogP contribution is -2.36. The van der Waals surface area contributed by atoms with E-state index in [1.165, 1.54) is 13.2 Å². The molecule has 1 rings (SSSR count). The summed E-state index contributed by atoms with van der Waals surface area (Å²) >= 11 is 0. The zero-order valence-corrected chi connectivity index (χ0v) is 12.3. The Morgan fingerprint density at radius 1 is 1.32 bits per heavy atom. The first-order valence-corrected chi connectivity index (χ1v) is 6.82. The van der Waals surface area contributed by atoms with Crippen molar-refractivity contribution in [3.05, 3.63) is 29.6 Å². The van der Waals surface area contributed by atoms with E-state index in [1.54, 1.807) is 6.07 Å². The molecule has 1 unspecified atom stereocenters. The highest BCUT2D eigenvalue weighted by Crippen LogP contribution is 2.22. The van der Waals surface area contributed by atoms with Gasteiger partial charge in [-0.25, -0.2) is 4.39 Å². The monoisotopic (exact) mass is 268 g/mol. The van der Waals surface area contributed by atoms with Crippen LogP contribution in [0.4, 0.5) is 4.39 Å². The number of hydrogen-bond acceptors (Lipinski definition) is 3. The second-order valence-electron chi connectivity index (χ2n) is 4.91. The summed E-state index contributed by atoms with van der Waals surface area (Å²) in [6.07, 6.45) is 2.19. The fourth-order valence-corrected chi connectivity index (χ4v) is 2.39. The van der Waals surface area contributed by atoms with Crippen LogP contribution in [0, 0.1) is 5.82 Å². The van der Waals surface area contributed by atoms with E-state index in [1.807, 2.05) is 6.07 Å². The number of ether oxygens (including phenoxy) is 1. The smallest absolute Gasteiger partial charge is 0.165 e. The van der Waals surface area contributed by atoms with Gasteiger partial charge in [0.1, 0.15) is 0 Å². The van der Waals surface area contributed by atoms with Gasteiger partial charge in [-0.1, -0.05) is 19.9 Å². The van der Waals surface area contributed by atoms with Crippen molar-refractivity contribution in [3.8, 4) is 5.75 Å². The van der Waals surface area contributed by atoms with Crippen LogP contribution in [0.5, 0.6) is 5.75 Å². The molecule has 0 saturated heterocycles. The van der Waals surface area contributed by atoms with E-state index in [0.29, 0.717) is 6.04 Å². The van der Waals surface area contributed by atoms with E-state index in [9.17, 15) is 4.39 Å². The highest BCUT2D eigenvalue weighted by atomic mass is 19.1. The topological polar surface area (TPSA) is 38.5 Å². The first-order valence-electron chi connectivity index (χ1n) is 6.82. The maximum Gasteiger partial charge on any atom is 0.165 e. The maximum absolute atomic E-state index is 13.6. The Hall–Kier alpha value is -1.13. The van der Waals surface area contributed by atoms with E-state index in [4.69, 9.17) is 10.5 Å². The number of rotatable bonds is 7. The van der Waals surface area contributed by atoms with Gasteiger partial charge in [-0.05, 0) is 37.6 Å². The predicted molar refractivity (Wildman–Crippen MR) is 76.9 cm³/mol. The van der Waals surface area contributed by atoms with Crippen LogP contribution < -0.4 is 10.5 Å². The van der Waals surface area contributed by atoms with Crippen LogP contribution in [0.2, 0.25) is 0 Å². The standard InChI is InChI=1S/C15H25FN2O/c1-5-12(6-2)18(3)10-14(17)11-7-8-15(19-4)13(16)9-11/h7-9,12,14H,5-6,10,17H2,1-4H3. The minimum Gasteiger partial charge on any atom is -0.494 e. The third-order valence-electron chi connectivity index (χ3n) is 3.65. The van der Waals surface area contributed by atoms with Crippen molar-refractivity contribution >= 4 is 0 Å². The molecule has 108 valence electrons. The van der Waals surface area contributed by atoms with Crippen LogP contribution in [0.25, 0.3) is 0 Å². The number of methoxy groups -OCH3 is 1. The Balaban J connectivity index is 2.72. The van der Waals surface area contributed by atoms with Crippen LogP contribution in [0.15, 0.2) is 18.2 Å². The summed E-state index contributed by atoms with van der Waals surface area (Å²) in [7, 11) is 3.52. The first-order chi connectivity index (χ1) is 9.03. The number of halogens is 1. The molecule has 0 fully saturated rings. The third-order valence-corrected chi connectivity index (χ3v) is 3.65. The van der Waals surface area contributed by atoms with Gasteiger partial charge < -0.3 is 15.4 Å². The molecule has 0 aliphatic carbocycles. The van der Waals surface area contributed by atoms with Gasteiger partial charge >= 0.3 is 0 Å². The minimum absolute atomic E-state index is 0.189. The fourth-order valence-electron chi connectivity index (χ4n) is 2.39. The molecule has 0 bridgehead atoms. The zero-order valence-electron chi connectivity index (χ0n) is 12.3. The van der Waals surface area contributed by atoms with E-state index in [2.05, 4.69) is 25.8 Å². The second kappa shape index (κ2) is 7.46. The molecule has 4 heteroatoms. The highest BCUT2D eigenvalue weighted by molar-refractivity contribution is 5.31. The van der Waals surface area contributed by atoms with Crippen molar-refractivity contribution in [2.24, 2.45) is 5.73 Å². The Labute approximate surface area is 115 Å². The van der Waals surface area contributed by atoms with Crippen LogP contribution in [0.3, 0.4) is 0 Å². The van der Waals surface area contributed by atoms with E-state index >= 15 is 0 Å². The average Bonchev–Trinajstić information content (AvgIpc) is 2.39. The number of nitrogens with zero attached hydrogens (tertiary/aromatic N) is 1. The summed E-state index contributed by atoms with van der Waals surface area (Å²) in [4.78, 5) is 2.24. The number of nitrogens with two attached hydrogens (primary N) is 1. The lowest BCUT2D eigenvalue weighted by atomic mass is 10.0. The van der Waals surface area contributed by atoms with Gasteiger partial charge in [-0.2, -0.15) is 0 Å². The molecule has 0 spiro atoms. The summed E-state index contributed by atoms with van der Waals surface area (Å²) in [6.45, 7) is 5.06. The van der Waals surface area contributed by atoms with Gasteiger partial charge in [0.25, 0.3) is 0 Å². The van der Waals surface area contributed by atoms with Crippen LogP contribution in [-0.2, 0) is 0 Å². The maximum atomic E-state index is 13.6. The minimum atomic E-state index is -0.361. The van der Waals surface area contributed by atoms with E-state index in [-0.39, 0.29) is 17.6 Å². The summed E-state index contributed by atoms with van der Waals surface area (Å²) in [6, 6.07) is 5.25. The Morgan fingerprint density at radius 2 is 1.95 bits per heavy atom. The molecule has 1 aromatic rings. The van der Waals surface area contributed by atoms with Gasteiger partial charge in [-0.15, -0.1) is 0 Å². The van der Waals surface area contributed by atoms with Crippen molar-refractivity contribution in [2.45, 2.75) is 38.8 Å². The Kier molecular flexibility index (Phi) is 6.25. The van der Waals surface area contributed by atoms with Crippen LogP contribution in [-0.4, -0.2) is 31.6 Å². The second-order valence-corrected chi connectivity index (χ2v) is 4.91. The van der Waals surface area contributed by atoms with E-state index in [0.717, 1.165) is 24.9 Å². The summed E-state index contributed by atoms with van der Waals surface area (Å²) in [5.41, 5.74) is 6.96. The molecule has 0 aliphatic heterocycles. The molecule has 0 radical (unpaired) electrons. The summed E-state index contributed by atoms with van der Waals surface area (Å²) < 4.78 is 18.6. The molecule has 3 nitrogen and oxygen atoms in total. The molecule has 0 saturated carbocycles. The van der Waals surface area contributed by atoms with Crippen molar-refractivity contribution < 1.29 is 9.13 Å². The molecule has 0 amide bonds. The molecule has 1 atom stereocenters. The summed E-state index contributed by atoms with van der Waals surface area (Å²) in [5.74, 6) is -0.107. The highest BCUT2D eigenvalue weighted by Gasteiger charge is 2.16. The van der Waals surface area contributed by atoms with Gasteiger partial charge in [-0.3, -0.25) is 0 Å². The fraction of sp³-hybridized carbons (Fsp3) is 0.600. The summed E-state index contributed by atoms with van der Waals surface area (Å²) in [5, 5.41) is 0. The van der Waals surface area contributed by atoms with Crippen molar-refractivity contribution in [1.82, 2.24) is 4.90 Å². The largest absolute Gasteiger partial charge is 0.494 e. The van der Waals surface area contributed by atoms with E-state index < -0.39 is 0 Å². The lowest BCUT2D eigenvalue weighted by Gasteiger charge is -2.28. The Morgan fingerprint density at radius 3 is 2.42 bits per heavy atom.